The Bertz CT molecular complexity index is 1590. The number of nitrogens with two attached hydrogens (primary N) is 1. The summed E-state index contributed by atoms with van der Waals surface area (Å²) in [6.45, 7) is 3.18. The molecule has 0 radical (unpaired) electrons. The first-order valence-electron chi connectivity index (χ1n) is 12.5. The van der Waals surface area contributed by atoms with Crippen LogP contribution in [0, 0.1) is 17.1 Å². The zero-order chi connectivity index (χ0) is 27.4. The van der Waals surface area contributed by atoms with Gasteiger partial charge >= 0.3 is 0 Å². The van der Waals surface area contributed by atoms with E-state index in [4.69, 9.17) is 5.73 Å². The Labute approximate surface area is 225 Å². The highest BCUT2D eigenvalue weighted by molar-refractivity contribution is 6.05. The summed E-state index contributed by atoms with van der Waals surface area (Å²) in [4.78, 5) is 26.4. The quantitative estimate of drug-likeness (QED) is 0.314. The fourth-order valence-electron chi connectivity index (χ4n) is 4.41. The van der Waals surface area contributed by atoms with Crippen LogP contribution in [-0.4, -0.2) is 28.1 Å². The highest BCUT2D eigenvalue weighted by Gasteiger charge is 2.18. The van der Waals surface area contributed by atoms with E-state index in [0.29, 0.717) is 25.5 Å². The van der Waals surface area contributed by atoms with Crippen LogP contribution in [0.4, 0.5) is 10.2 Å². The van der Waals surface area contributed by atoms with Gasteiger partial charge in [0, 0.05) is 36.6 Å². The van der Waals surface area contributed by atoms with Gasteiger partial charge in [0.1, 0.15) is 17.7 Å². The normalized spacial score (nSPS) is 12.7. The molecule has 4 aromatic rings. The van der Waals surface area contributed by atoms with Gasteiger partial charge in [0.15, 0.2) is 0 Å². The Hall–Kier alpha value is -4.94. The maximum absolute atomic E-state index is 13.3. The molecule has 194 valence electrons. The molecule has 39 heavy (non-hydrogen) atoms. The van der Waals surface area contributed by atoms with Crippen molar-refractivity contribution in [2.24, 2.45) is 10.7 Å². The highest BCUT2D eigenvalue weighted by atomic mass is 19.1. The van der Waals surface area contributed by atoms with Gasteiger partial charge in [-0.15, -0.1) is 0 Å². The van der Waals surface area contributed by atoms with E-state index in [1.165, 1.54) is 24.4 Å². The van der Waals surface area contributed by atoms with Crippen LogP contribution in [0.1, 0.15) is 51.3 Å². The zero-order valence-electron chi connectivity index (χ0n) is 21.3. The van der Waals surface area contributed by atoms with Crippen LogP contribution in [0.3, 0.4) is 0 Å². The number of anilines is 1. The fourth-order valence-corrected chi connectivity index (χ4v) is 4.41. The lowest BCUT2D eigenvalue weighted by Crippen LogP contribution is -2.28. The molecule has 0 fully saturated rings. The minimum Gasteiger partial charge on any atom is -0.365 e. The van der Waals surface area contributed by atoms with E-state index in [1.807, 2.05) is 43.5 Å². The van der Waals surface area contributed by atoms with E-state index < -0.39 is 5.91 Å². The van der Waals surface area contributed by atoms with Crippen molar-refractivity contribution < 1.29 is 9.18 Å². The first kappa shape index (κ1) is 25.7. The average Bonchev–Trinajstić information content (AvgIpc) is 3.39. The second-order valence-electron chi connectivity index (χ2n) is 9.21. The van der Waals surface area contributed by atoms with Crippen LogP contribution < -0.4 is 16.4 Å². The molecule has 2 aromatic heterocycles. The van der Waals surface area contributed by atoms with Crippen molar-refractivity contribution in [3.05, 3.63) is 112 Å². The largest absolute Gasteiger partial charge is 0.365 e. The van der Waals surface area contributed by atoms with Crippen molar-refractivity contribution in [2.75, 3.05) is 11.9 Å². The molecule has 5 rings (SSSR count). The molecule has 0 aliphatic carbocycles. The molecular weight excluding hydrogens is 493 g/mol. The first-order chi connectivity index (χ1) is 18.9. The molecule has 0 saturated heterocycles. The number of amides is 1. The van der Waals surface area contributed by atoms with E-state index in [9.17, 15) is 14.4 Å². The fraction of sp³-hybridized carbons (Fsp3) is 0.167. The predicted octanol–water partition coefficient (Wildman–Crippen LogP) is 4.52. The molecule has 1 atom stereocenters. The smallest absolute Gasteiger partial charge is 0.255 e. The van der Waals surface area contributed by atoms with E-state index in [0.717, 1.165) is 39.2 Å². The maximum atomic E-state index is 13.3. The van der Waals surface area contributed by atoms with Crippen molar-refractivity contribution in [2.45, 2.75) is 26.1 Å². The van der Waals surface area contributed by atoms with Crippen LogP contribution in [-0.2, 0) is 13.1 Å². The average molecular weight is 520 g/mol. The summed E-state index contributed by atoms with van der Waals surface area (Å²) in [7, 11) is 0. The summed E-state index contributed by atoms with van der Waals surface area (Å²) in [5.74, 6) is -0.376. The van der Waals surface area contributed by atoms with E-state index in [1.54, 1.807) is 12.1 Å². The number of nitrogens with one attached hydrogen (secondary N) is 2. The number of rotatable bonds is 8. The predicted molar refractivity (Wildman–Crippen MR) is 148 cm³/mol. The van der Waals surface area contributed by atoms with E-state index in [2.05, 4.69) is 31.7 Å². The molecule has 3 heterocycles. The second kappa shape index (κ2) is 11.2. The number of benzene rings is 2. The lowest BCUT2D eigenvalue weighted by molar-refractivity contribution is 0.0940. The molecule has 0 saturated carbocycles. The van der Waals surface area contributed by atoms with E-state index in [-0.39, 0.29) is 23.0 Å². The number of pyridine rings is 2. The number of hydrogen-bond donors (Lipinski definition) is 3. The Morgan fingerprint density at radius 1 is 1.08 bits per heavy atom. The Kier molecular flexibility index (Phi) is 7.39. The lowest BCUT2D eigenvalue weighted by Gasteiger charge is -2.16. The molecule has 1 aliphatic rings. The number of carbonyl (C=O) groups is 1. The number of carbonyl (C=O) groups excluding carboxylic acids is 1. The number of nitrogens with zero attached hydrogens (tertiary/aromatic N) is 4. The topological polar surface area (TPSA) is 129 Å². The van der Waals surface area contributed by atoms with Crippen molar-refractivity contribution >= 4 is 17.4 Å². The van der Waals surface area contributed by atoms with Gasteiger partial charge in [0.25, 0.3) is 5.91 Å². The summed E-state index contributed by atoms with van der Waals surface area (Å²) in [5, 5.41) is 15.4. The monoisotopic (exact) mass is 519 g/mol. The number of aromatic nitrogens is 2. The standard InChI is InChI=1S/C30H26FN7O/c1-18(21-6-8-24(31)9-7-21)38-30(39)26-10-20(12-32)15-37-29(26)36-14-19-2-4-22(5-3-19)23-11-25-27(13-33)35-17-28(25)34-16-23/h2-11,15-16,18H,13-14,17,33H2,1H3,(H,36,37)(H,38,39)/t18-/m0/s1. The number of nitriles is 1. The van der Waals surface area contributed by atoms with Gasteiger partial charge in [-0.1, -0.05) is 36.4 Å². The third kappa shape index (κ3) is 5.66. The van der Waals surface area contributed by atoms with Gasteiger partial charge in [-0.05, 0) is 47.9 Å². The van der Waals surface area contributed by atoms with Crippen molar-refractivity contribution in [3.63, 3.8) is 0 Å². The second-order valence-corrected chi connectivity index (χ2v) is 9.21. The highest BCUT2D eigenvalue weighted by Crippen LogP contribution is 2.25. The molecule has 0 unspecified atom stereocenters. The Morgan fingerprint density at radius 3 is 2.56 bits per heavy atom. The molecule has 2 aromatic carbocycles. The van der Waals surface area contributed by atoms with Crippen LogP contribution in [0.15, 0.2) is 78.0 Å². The molecular formula is C30H26FN7O. The molecule has 1 amide bonds. The summed E-state index contributed by atoms with van der Waals surface area (Å²) in [6, 6.07) is 19.2. The van der Waals surface area contributed by atoms with Gasteiger partial charge in [0.05, 0.1) is 35.1 Å². The van der Waals surface area contributed by atoms with Crippen LogP contribution >= 0.6 is 0 Å². The molecule has 9 heteroatoms. The van der Waals surface area contributed by atoms with Gasteiger partial charge in [-0.2, -0.15) is 5.26 Å². The number of hydrogen-bond acceptors (Lipinski definition) is 7. The minimum absolute atomic E-state index is 0.251. The zero-order valence-corrected chi connectivity index (χ0v) is 21.3. The van der Waals surface area contributed by atoms with Gasteiger partial charge < -0.3 is 16.4 Å². The molecule has 0 bridgehead atoms. The van der Waals surface area contributed by atoms with Crippen LogP contribution in [0.25, 0.3) is 11.1 Å². The maximum Gasteiger partial charge on any atom is 0.255 e. The van der Waals surface area contributed by atoms with E-state index >= 15 is 0 Å². The van der Waals surface area contributed by atoms with Gasteiger partial charge in [-0.25, -0.2) is 9.37 Å². The van der Waals surface area contributed by atoms with Crippen LogP contribution in [0.5, 0.6) is 0 Å². The number of fused-ring (bicyclic) bond motifs is 1. The number of aliphatic imine (C=N–C) groups is 1. The summed E-state index contributed by atoms with van der Waals surface area (Å²) in [5.41, 5.74) is 12.9. The summed E-state index contributed by atoms with van der Waals surface area (Å²) in [6.07, 6.45) is 3.27. The van der Waals surface area contributed by atoms with Crippen molar-refractivity contribution in [1.82, 2.24) is 15.3 Å². The van der Waals surface area contributed by atoms with Crippen molar-refractivity contribution in [1.29, 1.82) is 5.26 Å². The third-order valence-electron chi connectivity index (χ3n) is 6.62. The molecule has 4 N–H and O–H groups in total. The number of halogens is 1. The third-order valence-corrected chi connectivity index (χ3v) is 6.62. The lowest BCUT2D eigenvalue weighted by atomic mass is 10.0. The Morgan fingerprint density at radius 2 is 1.85 bits per heavy atom. The molecule has 0 spiro atoms. The van der Waals surface area contributed by atoms with Gasteiger partial charge in [-0.3, -0.25) is 14.8 Å². The van der Waals surface area contributed by atoms with Crippen molar-refractivity contribution in [3.8, 4) is 17.2 Å². The van der Waals surface area contributed by atoms with Gasteiger partial charge in [0.2, 0.25) is 0 Å². The van der Waals surface area contributed by atoms with Crippen LogP contribution in [0.2, 0.25) is 0 Å². The first-order valence-corrected chi connectivity index (χ1v) is 12.5. The summed E-state index contributed by atoms with van der Waals surface area (Å²) >= 11 is 0. The summed E-state index contributed by atoms with van der Waals surface area (Å²) < 4.78 is 13.3. The SMILES string of the molecule is C[C@H](NC(=O)c1cc(C#N)cnc1NCc1ccc(-c2cnc3c(c2)C(CN)=NC3)cc1)c1ccc(F)cc1. The molecule has 1 aliphatic heterocycles. The molecule has 8 nitrogen and oxygen atoms in total. The minimum atomic E-state index is -0.390. The Balaban J connectivity index is 1.29.